The van der Waals surface area contributed by atoms with Gasteiger partial charge < -0.3 is 9.47 Å². The molecule has 0 heterocycles. The predicted molar refractivity (Wildman–Crippen MR) is 123 cm³/mol. The number of carbonyl (C=O) groups excluding carboxylic acids is 2. The van der Waals surface area contributed by atoms with Crippen molar-refractivity contribution in [3.8, 4) is 0 Å². The monoisotopic (exact) mass is 838 g/mol. The van der Waals surface area contributed by atoms with Crippen LogP contribution in [0.1, 0.15) is 5.56 Å². The average Bonchev–Trinajstić information content (AvgIpc) is 2.99. The van der Waals surface area contributed by atoms with Crippen LogP contribution < -0.4 is 10.6 Å². The summed E-state index contributed by atoms with van der Waals surface area (Å²) in [5.74, 6) is -75.1. The first-order chi connectivity index (χ1) is 23.2. The van der Waals surface area contributed by atoms with E-state index in [2.05, 4.69) is 9.47 Å². The van der Waals surface area contributed by atoms with Gasteiger partial charge in [-0.25, -0.2) is 27.2 Å². The van der Waals surface area contributed by atoms with Gasteiger partial charge in [-0.15, -0.1) is 0 Å². The number of ether oxygens (including phenoxy) is 2. The van der Waals surface area contributed by atoms with Crippen molar-refractivity contribution in [2.45, 2.75) is 79.0 Å². The number of aryl methyl sites for hydroxylation is 1. The summed E-state index contributed by atoms with van der Waals surface area (Å²) in [7, 11) is 0. The predicted octanol–water partition coefficient (Wildman–Crippen LogP) is 9.98. The molecule has 0 radical (unpaired) electrons. The third kappa shape index (κ3) is 7.98. The number of carbonyl (C=O) groups is 2. The Morgan fingerprint density at radius 2 is 0.849 bits per heavy atom. The number of rotatable bonds is 16. The minimum absolute atomic E-state index is 0.333. The lowest BCUT2D eigenvalue weighted by molar-refractivity contribution is -0.414. The number of anilines is 2. The van der Waals surface area contributed by atoms with Crippen LogP contribution in [0.15, 0.2) is 18.2 Å². The first-order valence-corrected chi connectivity index (χ1v) is 12.6. The Bertz CT molecular complexity index is 1480. The molecule has 53 heavy (non-hydrogen) atoms. The van der Waals surface area contributed by atoms with Gasteiger partial charge in [-0.2, -0.15) is 87.8 Å². The van der Waals surface area contributed by atoms with Gasteiger partial charge in [0, 0.05) is 11.4 Å². The van der Waals surface area contributed by atoms with Crippen molar-refractivity contribution in [2.75, 3.05) is 23.8 Å². The van der Waals surface area contributed by atoms with E-state index < -0.39 is 109 Å². The van der Waals surface area contributed by atoms with Gasteiger partial charge in [-0.3, -0.25) is 10.6 Å². The number of hydrogen-bond donors (Lipinski definition) is 2. The van der Waals surface area contributed by atoms with E-state index in [1.165, 1.54) is 10.6 Å². The molecule has 1 aromatic rings. The lowest BCUT2D eigenvalue weighted by Crippen LogP contribution is -2.69. The number of benzene rings is 1. The van der Waals surface area contributed by atoms with Crippen LogP contribution in [0.3, 0.4) is 0 Å². The molecule has 0 aliphatic heterocycles. The quantitative estimate of drug-likeness (QED) is 0.163. The zero-order valence-electron chi connectivity index (χ0n) is 24.5. The Morgan fingerprint density at radius 3 is 1.17 bits per heavy atom. The second-order valence-corrected chi connectivity index (χ2v) is 10.1. The van der Waals surface area contributed by atoms with Gasteiger partial charge in [0.25, 0.3) is 0 Å². The highest BCUT2D eigenvalue weighted by Gasteiger charge is 2.89. The third-order valence-electron chi connectivity index (χ3n) is 6.37. The summed E-state index contributed by atoms with van der Waals surface area (Å²) in [6.07, 6.45) is -16.5. The summed E-state index contributed by atoms with van der Waals surface area (Å²) in [4.78, 5) is 23.5. The Balaban J connectivity index is 3.10. The average molecular weight is 838 g/mol. The highest BCUT2D eigenvalue weighted by Crippen LogP contribution is 2.59. The third-order valence-corrected chi connectivity index (χ3v) is 6.37. The van der Waals surface area contributed by atoms with E-state index in [4.69, 9.17) is 0 Å². The number of halogens is 24. The zero-order chi connectivity index (χ0) is 42.4. The topological polar surface area (TPSA) is 76.7 Å². The largest absolute Gasteiger partial charge is 0.443 e. The summed E-state index contributed by atoms with van der Waals surface area (Å²) < 4.78 is 324. The van der Waals surface area contributed by atoms with Crippen LogP contribution in [0.5, 0.6) is 0 Å². The first kappa shape index (κ1) is 47.1. The summed E-state index contributed by atoms with van der Waals surface area (Å²) in [6.45, 7) is -5.85. The molecule has 0 aliphatic carbocycles. The van der Waals surface area contributed by atoms with Gasteiger partial charge in [0.05, 0.1) is 0 Å². The molecule has 2 amide bonds. The van der Waals surface area contributed by atoms with E-state index in [1.54, 1.807) is 0 Å². The van der Waals surface area contributed by atoms with Crippen molar-refractivity contribution in [3.05, 3.63) is 23.8 Å². The molecule has 1 rings (SSSR count). The van der Waals surface area contributed by atoms with Crippen LogP contribution in [0.4, 0.5) is 126 Å². The molecule has 308 valence electrons. The molecule has 0 aliphatic rings. The number of hydrogen-bond acceptors (Lipinski definition) is 4. The number of amides is 2. The second-order valence-electron chi connectivity index (χ2n) is 10.1. The van der Waals surface area contributed by atoms with Gasteiger partial charge in [-0.1, -0.05) is 6.07 Å². The number of alkyl halides is 24. The maximum atomic E-state index is 13.8. The molecule has 0 saturated carbocycles. The SMILES string of the molecule is Cc1ccc(NC(=O)OCC(F)(F)C(F)(F)C(F)(F)C(F)(F)C(F)(F)C(F)F)cc1NC(=O)OCC(F)(F)C(F)(F)C(F)(F)C(F)(F)C(F)(F)C(F)F. The first-order valence-electron chi connectivity index (χ1n) is 12.6. The zero-order valence-corrected chi connectivity index (χ0v) is 24.5. The summed E-state index contributed by atoms with van der Waals surface area (Å²) in [5.41, 5.74) is -2.17. The van der Waals surface area contributed by atoms with E-state index >= 15 is 0 Å². The lowest BCUT2D eigenvalue weighted by atomic mass is 9.94. The lowest BCUT2D eigenvalue weighted by Gasteiger charge is -2.38. The standard InChI is InChI=1S/C23H14F24N2O4/c1-7-2-3-8(48-12(50)52-5-14(28,29)18(36,37)22(44,45)20(40,41)16(32,33)10(24)25)4-9(7)49-13(51)53-6-15(30,31)19(38,39)23(46,47)21(42,43)17(34,35)11(26)27/h2-4,10-11H,5-6H2,1H3,(H,48,50)(H,49,51). The van der Waals surface area contributed by atoms with Crippen LogP contribution >= 0.6 is 0 Å². The van der Waals surface area contributed by atoms with Crippen LogP contribution in [0.25, 0.3) is 0 Å². The van der Waals surface area contributed by atoms with E-state index in [9.17, 15) is 115 Å². The van der Waals surface area contributed by atoms with E-state index in [1.807, 2.05) is 0 Å². The molecule has 0 aromatic heterocycles. The van der Waals surface area contributed by atoms with Gasteiger partial charge in [0.2, 0.25) is 0 Å². The maximum absolute atomic E-state index is 13.8. The van der Waals surface area contributed by atoms with Gasteiger partial charge in [0.15, 0.2) is 13.2 Å². The minimum atomic E-state index is -7.97. The fraction of sp³-hybridized carbons (Fsp3) is 0.652. The summed E-state index contributed by atoms with van der Waals surface area (Å²) in [5, 5.41) is 2.58. The van der Waals surface area contributed by atoms with Crippen LogP contribution in [0, 0.1) is 6.92 Å². The Hall–Kier alpha value is -3.92. The molecule has 0 saturated heterocycles. The van der Waals surface area contributed by atoms with Crippen LogP contribution in [-0.4, -0.2) is 97.5 Å². The second kappa shape index (κ2) is 14.4. The molecule has 0 fully saturated rings. The van der Waals surface area contributed by atoms with E-state index in [0.29, 0.717) is 18.2 Å². The van der Waals surface area contributed by atoms with Gasteiger partial charge in [-0.05, 0) is 24.6 Å². The number of nitrogens with one attached hydrogen (secondary N) is 2. The summed E-state index contributed by atoms with van der Waals surface area (Å²) in [6, 6.07) is 1.65. The molecule has 0 unspecified atom stereocenters. The van der Waals surface area contributed by atoms with Crippen molar-refractivity contribution in [1.29, 1.82) is 0 Å². The Kier molecular flexibility index (Phi) is 12.8. The highest BCUT2D eigenvalue weighted by atomic mass is 19.4. The fourth-order valence-electron chi connectivity index (χ4n) is 3.17. The maximum Gasteiger partial charge on any atom is 0.411 e. The van der Waals surface area contributed by atoms with Crippen molar-refractivity contribution >= 4 is 23.6 Å². The van der Waals surface area contributed by atoms with Crippen LogP contribution in [0.2, 0.25) is 0 Å². The minimum Gasteiger partial charge on any atom is -0.443 e. The van der Waals surface area contributed by atoms with E-state index in [-0.39, 0.29) is 5.56 Å². The summed E-state index contributed by atoms with van der Waals surface area (Å²) >= 11 is 0. The highest BCUT2D eigenvalue weighted by molar-refractivity contribution is 5.89. The Labute approximate surface area is 275 Å². The van der Waals surface area contributed by atoms with Crippen molar-refractivity contribution in [3.63, 3.8) is 0 Å². The molecule has 2 N–H and O–H groups in total. The normalized spacial score (nSPS) is 14.8. The molecule has 0 bridgehead atoms. The van der Waals surface area contributed by atoms with Crippen molar-refractivity contribution in [2.24, 2.45) is 0 Å². The smallest absolute Gasteiger partial charge is 0.411 e. The molecule has 1 aromatic carbocycles. The van der Waals surface area contributed by atoms with Crippen molar-refractivity contribution < 1.29 is 124 Å². The molecule has 6 nitrogen and oxygen atoms in total. The molecular weight excluding hydrogens is 824 g/mol. The molecule has 0 atom stereocenters. The molecular formula is C23H14F24N2O4. The van der Waals surface area contributed by atoms with E-state index in [0.717, 1.165) is 6.92 Å². The molecule has 0 spiro atoms. The van der Waals surface area contributed by atoms with Gasteiger partial charge in [0.1, 0.15) is 0 Å². The Morgan fingerprint density at radius 1 is 0.528 bits per heavy atom. The van der Waals surface area contributed by atoms with Crippen molar-refractivity contribution in [1.82, 2.24) is 0 Å². The fourth-order valence-corrected chi connectivity index (χ4v) is 3.17. The molecule has 30 heteroatoms. The van der Waals surface area contributed by atoms with Crippen LogP contribution in [-0.2, 0) is 9.47 Å². The van der Waals surface area contributed by atoms with Gasteiger partial charge >= 0.3 is 84.3 Å².